The summed E-state index contributed by atoms with van der Waals surface area (Å²) in [4.78, 5) is 0. The van der Waals surface area contributed by atoms with Gasteiger partial charge in [-0.1, -0.05) is 6.07 Å². The predicted molar refractivity (Wildman–Crippen MR) is 104 cm³/mol. The summed E-state index contributed by atoms with van der Waals surface area (Å²) in [7, 11) is 5.66. The van der Waals surface area contributed by atoms with Gasteiger partial charge >= 0.3 is 0 Å². The van der Waals surface area contributed by atoms with Crippen LogP contribution in [0.1, 0.15) is 17.7 Å². The first-order valence-corrected chi connectivity index (χ1v) is 8.98. The van der Waals surface area contributed by atoms with Gasteiger partial charge < -0.3 is 19.9 Å². The standard InChI is InChI=1S/C21H24FN3O/c1-23-13-6-9-19-17(10-13)16-7-4-14(11-20(16)25(19)2)24-15-5-8-18(22)21(12-15)26-3/h4-5,7-8,11-13,23-24H,6,9-10H2,1-3H3. The van der Waals surface area contributed by atoms with Gasteiger partial charge in [0.1, 0.15) is 0 Å². The number of hydrogen-bond acceptors (Lipinski definition) is 3. The number of likely N-dealkylation sites (N-methyl/N-ethyl adjacent to an activating group) is 1. The summed E-state index contributed by atoms with van der Waals surface area (Å²) < 4.78 is 21.0. The molecule has 0 saturated carbocycles. The lowest BCUT2D eigenvalue weighted by Gasteiger charge is -2.22. The smallest absolute Gasteiger partial charge is 0.165 e. The number of methoxy groups -OCH3 is 1. The molecule has 0 saturated heterocycles. The number of aryl methyl sites for hydroxylation is 1. The van der Waals surface area contributed by atoms with E-state index in [9.17, 15) is 4.39 Å². The lowest BCUT2D eigenvalue weighted by Crippen LogP contribution is -2.31. The molecule has 1 aliphatic carbocycles. The number of aromatic nitrogens is 1. The molecule has 0 spiro atoms. The number of anilines is 2. The van der Waals surface area contributed by atoms with Crippen LogP contribution in [0.5, 0.6) is 5.75 Å². The second-order valence-corrected chi connectivity index (χ2v) is 6.92. The van der Waals surface area contributed by atoms with E-state index in [2.05, 4.69) is 40.4 Å². The summed E-state index contributed by atoms with van der Waals surface area (Å²) in [6.07, 6.45) is 3.35. The normalized spacial score (nSPS) is 16.5. The first-order valence-electron chi connectivity index (χ1n) is 8.98. The zero-order chi connectivity index (χ0) is 18.3. The molecule has 1 atom stereocenters. The van der Waals surface area contributed by atoms with Crippen LogP contribution in [0.25, 0.3) is 10.9 Å². The third kappa shape index (κ3) is 2.82. The van der Waals surface area contributed by atoms with Crippen molar-refractivity contribution in [3.05, 3.63) is 53.5 Å². The first kappa shape index (κ1) is 16.9. The number of rotatable bonds is 4. The van der Waals surface area contributed by atoms with Crippen molar-refractivity contribution in [1.29, 1.82) is 0 Å². The Morgan fingerprint density at radius 2 is 1.92 bits per heavy atom. The fraction of sp³-hybridized carbons (Fsp3) is 0.333. The lowest BCUT2D eigenvalue weighted by atomic mass is 9.91. The van der Waals surface area contributed by atoms with Crippen molar-refractivity contribution in [2.24, 2.45) is 7.05 Å². The molecule has 2 N–H and O–H groups in total. The second-order valence-electron chi connectivity index (χ2n) is 6.92. The highest BCUT2D eigenvalue weighted by molar-refractivity contribution is 5.89. The number of halogens is 1. The number of benzene rings is 2. The van der Waals surface area contributed by atoms with E-state index >= 15 is 0 Å². The number of nitrogens with zero attached hydrogens (tertiary/aromatic N) is 1. The minimum atomic E-state index is -0.359. The molecule has 0 fully saturated rings. The molecule has 4 rings (SSSR count). The Kier molecular flexibility index (Phi) is 4.32. The Bertz CT molecular complexity index is 964. The van der Waals surface area contributed by atoms with Gasteiger partial charge in [0, 0.05) is 41.6 Å². The minimum absolute atomic E-state index is 0.239. The van der Waals surface area contributed by atoms with Gasteiger partial charge in [0.15, 0.2) is 11.6 Å². The molecule has 0 amide bonds. The van der Waals surface area contributed by atoms with Crippen LogP contribution in [0.3, 0.4) is 0 Å². The van der Waals surface area contributed by atoms with Gasteiger partial charge in [-0.2, -0.15) is 0 Å². The molecule has 4 nitrogen and oxygen atoms in total. The third-order valence-electron chi connectivity index (χ3n) is 5.47. The fourth-order valence-electron chi connectivity index (χ4n) is 4.00. The maximum absolute atomic E-state index is 13.6. The van der Waals surface area contributed by atoms with E-state index in [-0.39, 0.29) is 11.6 Å². The van der Waals surface area contributed by atoms with E-state index in [0.717, 1.165) is 24.2 Å². The van der Waals surface area contributed by atoms with Crippen molar-refractivity contribution in [2.75, 3.05) is 19.5 Å². The number of hydrogen-bond donors (Lipinski definition) is 2. The Hall–Kier alpha value is -2.53. The van der Waals surface area contributed by atoms with Crippen molar-refractivity contribution in [1.82, 2.24) is 9.88 Å². The molecule has 1 aromatic heterocycles. The Labute approximate surface area is 153 Å². The van der Waals surface area contributed by atoms with Gasteiger partial charge in [-0.15, -0.1) is 0 Å². The number of ether oxygens (including phenoxy) is 1. The first-order chi connectivity index (χ1) is 12.6. The van der Waals surface area contributed by atoms with Crippen LogP contribution in [0.15, 0.2) is 36.4 Å². The molecule has 5 heteroatoms. The Morgan fingerprint density at radius 3 is 2.69 bits per heavy atom. The van der Waals surface area contributed by atoms with E-state index in [1.165, 1.54) is 41.8 Å². The molecule has 2 aromatic carbocycles. The molecule has 0 radical (unpaired) electrons. The predicted octanol–water partition coefficient (Wildman–Crippen LogP) is 4.15. The van der Waals surface area contributed by atoms with E-state index < -0.39 is 0 Å². The van der Waals surface area contributed by atoms with E-state index in [1.807, 2.05) is 7.05 Å². The van der Waals surface area contributed by atoms with Gasteiger partial charge in [-0.25, -0.2) is 4.39 Å². The van der Waals surface area contributed by atoms with Crippen LogP contribution >= 0.6 is 0 Å². The highest BCUT2D eigenvalue weighted by Gasteiger charge is 2.23. The van der Waals surface area contributed by atoms with Crippen LogP contribution in [0.2, 0.25) is 0 Å². The molecule has 26 heavy (non-hydrogen) atoms. The van der Waals surface area contributed by atoms with Crippen LogP contribution < -0.4 is 15.4 Å². The topological polar surface area (TPSA) is 38.2 Å². The minimum Gasteiger partial charge on any atom is -0.494 e. The third-order valence-corrected chi connectivity index (χ3v) is 5.47. The zero-order valence-corrected chi connectivity index (χ0v) is 15.4. The zero-order valence-electron chi connectivity index (χ0n) is 15.4. The van der Waals surface area contributed by atoms with Gasteiger partial charge in [0.05, 0.1) is 12.6 Å². The van der Waals surface area contributed by atoms with Crippen LogP contribution in [-0.2, 0) is 19.9 Å². The molecule has 136 valence electrons. The summed E-state index contributed by atoms with van der Waals surface area (Å²) >= 11 is 0. The van der Waals surface area contributed by atoms with Crippen LogP contribution in [0.4, 0.5) is 15.8 Å². The van der Waals surface area contributed by atoms with Crippen LogP contribution in [-0.4, -0.2) is 24.8 Å². The van der Waals surface area contributed by atoms with E-state index in [4.69, 9.17) is 4.74 Å². The van der Waals surface area contributed by atoms with Gasteiger partial charge in [-0.05, 0) is 56.1 Å². The van der Waals surface area contributed by atoms with Crippen molar-refractivity contribution in [3.8, 4) is 5.75 Å². The maximum atomic E-state index is 13.6. The summed E-state index contributed by atoms with van der Waals surface area (Å²) in [5, 5.41) is 8.09. The molecular weight excluding hydrogens is 329 g/mol. The number of fused-ring (bicyclic) bond motifs is 3. The van der Waals surface area contributed by atoms with Crippen molar-refractivity contribution in [3.63, 3.8) is 0 Å². The number of nitrogens with one attached hydrogen (secondary N) is 2. The highest BCUT2D eigenvalue weighted by Crippen LogP contribution is 2.34. The quantitative estimate of drug-likeness (QED) is 0.740. The highest BCUT2D eigenvalue weighted by atomic mass is 19.1. The lowest BCUT2D eigenvalue weighted by molar-refractivity contribution is 0.387. The molecule has 1 heterocycles. The Morgan fingerprint density at radius 1 is 1.15 bits per heavy atom. The van der Waals surface area contributed by atoms with Gasteiger partial charge in [0.2, 0.25) is 0 Å². The van der Waals surface area contributed by atoms with Gasteiger partial charge in [0.25, 0.3) is 0 Å². The molecule has 1 unspecified atom stereocenters. The summed E-state index contributed by atoms with van der Waals surface area (Å²) in [6, 6.07) is 11.8. The largest absolute Gasteiger partial charge is 0.494 e. The van der Waals surface area contributed by atoms with E-state index in [1.54, 1.807) is 12.1 Å². The van der Waals surface area contributed by atoms with Crippen molar-refractivity contribution < 1.29 is 9.13 Å². The SMILES string of the molecule is CNC1CCc2c(c3ccc(Nc4ccc(F)c(OC)c4)cc3n2C)C1. The molecule has 0 bridgehead atoms. The average molecular weight is 353 g/mol. The molecule has 3 aromatic rings. The van der Waals surface area contributed by atoms with Gasteiger partial charge in [-0.3, -0.25) is 0 Å². The summed E-state index contributed by atoms with van der Waals surface area (Å²) in [5.41, 5.74) is 5.91. The molecule has 1 aliphatic rings. The summed E-state index contributed by atoms with van der Waals surface area (Å²) in [6.45, 7) is 0. The summed E-state index contributed by atoms with van der Waals surface area (Å²) in [5.74, 6) is -0.119. The molecular formula is C21H24FN3O. The fourth-order valence-corrected chi connectivity index (χ4v) is 4.00. The van der Waals surface area contributed by atoms with Crippen LogP contribution in [0, 0.1) is 5.82 Å². The monoisotopic (exact) mass is 353 g/mol. The van der Waals surface area contributed by atoms with Crippen molar-refractivity contribution >= 4 is 22.3 Å². The van der Waals surface area contributed by atoms with E-state index in [0.29, 0.717) is 6.04 Å². The van der Waals surface area contributed by atoms with Crippen molar-refractivity contribution in [2.45, 2.75) is 25.3 Å². The second kappa shape index (κ2) is 6.65. The maximum Gasteiger partial charge on any atom is 0.165 e. The average Bonchev–Trinajstić information content (AvgIpc) is 2.94. The Balaban J connectivity index is 1.69. The molecule has 0 aliphatic heterocycles.